The first-order valence-electron chi connectivity index (χ1n) is 9.34. The number of hydrogen-bond donors (Lipinski definition) is 1. The Morgan fingerprint density at radius 2 is 1.93 bits per heavy atom. The van der Waals surface area contributed by atoms with Gasteiger partial charge in [-0.3, -0.25) is 4.90 Å². The molecular formula is C19H22BrN7. The number of halogens is 1. The fourth-order valence-corrected chi connectivity index (χ4v) is 4.76. The van der Waals surface area contributed by atoms with Crippen LogP contribution in [-0.4, -0.2) is 55.7 Å². The van der Waals surface area contributed by atoms with Crippen molar-refractivity contribution in [3.05, 3.63) is 41.4 Å². The summed E-state index contributed by atoms with van der Waals surface area (Å²) < 4.78 is 2.49. The Kier molecular flexibility index (Phi) is 4.05. The fourth-order valence-electron chi connectivity index (χ4n) is 4.40. The molecule has 0 spiro atoms. The summed E-state index contributed by atoms with van der Waals surface area (Å²) in [6, 6.07) is 10.6. The normalized spacial score (nSPS) is 22.3. The van der Waals surface area contributed by atoms with Gasteiger partial charge in [-0.2, -0.15) is 5.10 Å². The van der Waals surface area contributed by atoms with Crippen LogP contribution >= 0.6 is 15.9 Å². The Labute approximate surface area is 166 Å². The van der Waals surface area contributed by atoms with Crippen molar-refractivity contribution in [3.63, 3.8) is 0 Å². The molecule has 1 aromatic carbocycles. The van der Waals surface area contributed by atoms with Crippen molar-refractivity contribution in [2.45, 2.75) is 38.4 Å². The van der Waals surface area contributed by atoms with Crippen molar-refractivity contribution in [1.29, 1.82) is 0 Å². The van der Waals surface area contributed by atoms with E-state index >= 15 is 0 Å². The number of anilines is 3. The quantitative estimate of drug-likeness (QED) is 0.688. The number of likely N-dealkylation sites (tertiary alicyclic amines) is 1. The Bertz CT molecular complexity index is 968. The van der Waals surface area contributed by atoms with Crippen molar-refractivity contribution in [3.8, 4) is 0 Å². The number of fused-ring (bicyclic) bond motifs is 3. The van der Waals surface area contributed by atoms with Gasteiger partial charge >= 0.3 is 0 Å². The highest BCUT2D eigenvalue weighted by atomic mass is 79.9. The zero-order chi connectivity index (χ0) is 18.5. The first-order valence-corrected chi connectivity index (χ1v) is 10.1. The third-order valence-corrected chi connectivity index (χ3v) is 6.21. The second-order valence-electron chi connectivity index (χ2n) is 7.58. The van der Waals surface area contributed by atoms with E-state index in [9.17, 15) is 0 Å². The molecule has 2 fully saturated rings. The van der Waals surface area contributed by atoms with E-state index in [1.165, 1.54) is 25.0 Å². The monoisotopic (exact) mass is 427 g/mol. The van der Waals surface area contributed by atoms with Gasteiger partial charge < -0.3 is 10.2 Å². The molecule has 2 aliphatic rings. The number of nitrogens with zero attached hydrogens (tertiary/aromatic N) is 6. The molecule has 7 nitrogen and oxygen atoms in total. The fraction of sp³-hybridized carbons (Fsp3) is 0.421. The average Bonchev–Trinajstić information content (AvgIpc) is 3.40. The van der Waals surface area contributed by atoms with Crippen LogP contribution in [0.15, 0.2) is 41.4 Å². The maximum atomic E-state index is 4.43. The van der Waals surface area contributed by atoms with Gasteiger partial charge in [0.05, 0.1) is 6.20 Å². The topological polar surface area (TPSA) is 61.6 Å². The zero-order valence-electron chi connectivity index (χ0n) is 15.4. The second-order valence-corrected chi connectivity index (χ2v) is 8.40. The summed E-state index contributed by atoms with van der Waals surface area (Å²) >= 11 is 3.43. The number of aromatic nitrogens is 4. The van der Waals surface area contributed by atoms with E-state index in [4.69, 9.17) is 0 Å². The highest BCUT2D eigenvalue weighted by molar-refractivity contribution is 9.10. The molecule has 2 saturated heterocycles. The molecule has 4 heterocycles. The first-order chi connectivity index (χ1) is 13.1. The molecule has 0 saturated carbocycles. The van der Waals surface area contributed by atoms with E-state index in [-0.39, 0.29) is 0 Å². The van der Waals surface area contributed by atoms with Crippen LogP contribution in [0.2, 0.25) is 0 Å². The molecule has 1 N–H and O–H groups in total. The van der Waals surface area contributed by atoms with E-state index in [1.807, 2.05) is 0 Å². The third kappa shape index (κ3) is 2.87. The third-order valence-electron chi connectivity index (χ3n) is 5.67. The maximum Gasteiger partial charge on any atom is 0.199 e. The number of benzene rings is 1. The summed E-state index contributed by atoms with van der Waals surface area (Å²) in [6.07, 6.45) is 4.53. The summed E-state index contributed by atoms with van der Waals surface area (Å²) in [7, 11) is 0. The minimum Gasteiger partial charge on any atom is -0.366 e. The first kappa shape index (κ1) is 16.9. The van der Waals surface area contributed by atoms with Crippen molar-refractivity contribution >= 4 is 38.8 Å². The van der Waals surface area contributed by atoms with Crippen LogP contribution in [0.25, 0.3) is 5.65 Å². The van der Waals surface area contributed by atoms with E-state index in [1.54, 1.807) is 10.7 Å². The van der Waals surface area contributed by atoms with Crippen LogP contribution in [0.5, 0.6) is 0 Å². The van der Waals surface area contributed by atoms with E-state index in [0.717, 1.165) is 16.8 Å². The van der Waals surface area contributed by atoms with Crippen molar-refractivity contribution in [2.75, 3.05) is 23.3 Å². The number of rotatable bonds is 4. The van der Waals surface area contributed by atoms with E-state index in [0.29, 0.717) is 29.6 Å². The van der Waals surface area contributed by atoms with Crippen LogP contribution in [0.4, 0.5) is 17.2 Å². The molecule has 0 aliphatic carbocycles. The van der Waals surface area contributed by atoms with Gasteiger partial charge in [-0.05, 0) is 60.5 Å². The van der Waals surface area contributed by atoms with Crippen molar-refractivity contribution in [1.82, 2.24) is 24.5 Å². The summed E-state index contributed by atoms with van der Waals surface area (Å²) in [5.74, 6) is 0.691. The highest BCUT2D eigenvalue weighted by Crippen LogP contribution is 2.36. The van der Waals surface area contributed by atoms with Gasteiger partial charge in [-0.25, -0.2) is 14.5 Å². The standard InChI is InChI=1S/C19H22BrN7/c1-12(2)25-9-16-7-15(25)10-26(16)14-5-3-13(4-6-14)24-18-19-22-11-23-27(19)17(20)8-21-18/h3-6,8,11-12,15-16H,7,9-10H2,1-2H3,(H,21,24). The summed E-state index contributed by atoms with van der Waals surface area (Å²) in [5, 5.41) is 7.55. The minimum atomic E-state index is 0.639. The largest absolute Gasteiger partial charge is 0.366 e. The van der Waals surface area contributed by atoms with E-state index < -0.39 is 0 Å². The maximum absolute atomic E-state index is 4.43. The lowest BCUT2D eigenvalue weighted by atomic mass is 10.2. The molecule has 27 heavy (non-hydrogen) atoms. The summed E-state index contributed by atoms with van der Waals surface area (Å²) in [6.45, 7) is 6.91. The highest BCUT2D eigenvalue weighted by Gasteiger charge is 2.43. The zero-order valence-corrected chi connectivity index (χ0v) is 17.0. The molecule has 2 bridgehead atoms. The number of hydrogen-bond acceptors (Lipinski definition) is 6. The Hall–Kier alpha value is -2.19. The lowest BCUT2D eigenvalue weighted by Crippen LogP contribution is -2.48. The van der Waals surface area contributed by atoms with Gasteiger partial charge in [0.25, 0.3) is 0 Å². The molecule has 3 aromatic rings. The molecule has 0 radical (unpaired) electrons. The van der Waals surface area contributed by atoms with Crippen LogP contribution in [0.3, 0.4) is 0 Å². The minimum absolute atomic E-state index is 0.639. The van der Waals surface area contributed by atoms with Crippen LogP contribution in [0, 0.1) is 0 Å². The summed E-state index contributed by atoms with van der Waals surface area (Å²) in [4.78, 5) is 13.9. The molecular weight excluding hydrogens is 406 g/mol. The SMILES string of the molecule is CC(C)N1CC2CC1CN2c1ccc(Nc2ncc(Br)n3ncnc23)cc1. The molecule has 2 unspecified atom stereocenters. The lowest BCUT2D eigenvalue weighted by Gasteiger charge is -2.37. The van der Waals surface area contributed by atoms with Crippen molar-refractivity contribution in [2.24, 2.45) is 0 Å². The Morgan fingerprint density at radius 1 is 1.11 bits per heavy atom. The number of piperazine rings is 1. The Morgan fingerprint density at radius 3 is 2.63 bits per heavy atom. The van der Waals surface area contributed by atoms with Gasteiger partial charge in [0.15, 0.2) is 11.5 Å². The smallest absolute Gasteiger partial charge is 0.199 e. The van der Waals surface area contributed by atoms with Gasteiger partial charge in [-0.15, -0.1) is 0 Å². The average molecular weight is 428 g/mol. The second kappa shape index (κ2) is 6.45. The molecule has 8 heteroatoms. The van der Waals surface area contributed by atoms with Crippen LogP contribution < -0.4 is 10.2 Å². The van der Waals surface area contributed by atoms with Crippen molar-refractivity contribution < 1.29 is 0 Å². The van der Waals surface area contributed by atoms with Gasteiger partial charge in [0.1, 0.15) is 10.9 Å². The molecule has 2 aromatic heterocycles. The predicted octanol–water partition coefficient (Wildman–Crippen LogP) is 3.30. The van der Waals surface area contributed by atoms with Crippen LogP contribution in [-0.2, 0) is 0 Å². The molecule has 2 aliphatic heterocycles. The lowest BCUT2D eigenvalue weighted by molar-refractivity contribution is 0.191. The summed E-state index contributed by atoms with van der Waals surface area (Å²) in [5.41, 5.74) is 2.98. The van der Waals surface area contributed by atoms with Crippen LogP contribution in [0.1, 0.15) is 20.3 Å². The molecule has 2 atom stereocenters. The van der Waals surface area contributed by atoms with Gasteiger partial charge in [-0.1, -0.05) is 0 Å². The Balaban J connectivity index is 1.33. The molecule has 5 rings (SSSR count). The molecule has 0 amide bonds. The molecule has 140 valence electrons. The van der Waals surface area contributed by atoms with E-state index in [2.05, 4.69) is 84.2 Å². The number of nitrogens with one attached hydrogen (secondary N) is 1. The van der Waals surface area contributed by atoms with Gasteiger partial charge in [0, 0.05) is 42.6 Å². The van der Waals surface area contributed by atoms with Gasteiger partial charge in [0.2, 0.25) is 0 Å². The predicted molar refractivity (Wildman–Crippen MR) is 110 cm³/mol.